The summed E-state index contributed by atoms with van der Waals surface area (Å²) in [6, 6.07) is 6.92. The van der Waals surface area contributed by atoms with Crippen LogP contribution >= 0.6 is 0 Å². The number of rotatable bonds is 3. The summed E-state index contributed by atoms with van der Waals surface area (Å²) in [4.78, 5) is 20.8. The van der Waals surface area contributed by atoms with Crippen LogP contribution in [-0.2, 0) is 16.1 Å². The number of carbonyl (C=O) groups excluding carboxylic acids is 2. The smallest absolute Gasteiger partial charge is 0.233 e. The number of hydrogen-bond acceptors (Lipinski definition) is 2. The quantitative estimate of drug-likeness (QED) is 0.739. The van der Waals surface area contributed by atoms with Crippen molar-refractivity contribution in [1.29, 1.82) is 0 Å². The molecule has 3 nitrogen and oxygen atoms in total. The molecule has 67 valence electrons. The fraction of sp³-hybridized carbons (Fsp3) is 0.200. The lowest BCUT2D eigenvalue weighted by atomic mass is 10.1. The van der Waals surface area contributed by atoms with Crippen LogP contribution in [0.4, 0.5) is 0 Å². The Labute approximate surface area is 76.8 Å². The average molecular weight is 176 g/mol. The molecule has 1 aromatic rings. The molecule has 1 rings (SSSR count). The predicted molar refractivity (Wildman–Crippen MR) is 48.8 cm³/mol. The van der Waals surface area contributed by atoms with Gasteiger partial charge in [-0.1, -0.05) is 24.3 Å². The molecule has 0 bridgehead atoms. The van der Waals surface area contributed by atoms with Gasteiger partial charge in [0.2, 0.25) is 12.2 Å². The van der Waals surface area contributed by atoms with Crippen LogP contribution in [0.5, 0.6) is 0 Å². The Bertz CT molecular complexity index is 303. The van der Waals surface area contributed by atoms with E-state index >= 15 is 0 Å². The molecule has 1 N–H and O–H groups in total. The van der Waals surface area contributed by atoms with Gasteiger partial charge < -0.3 is 5.32 Å². The molecule has 0 atom stereocenters. The lowest BCUT2D eigenvalue weighted by molar-refractivity contribution is -0.119. The highest BCUT2D eigenvalue weighted by Gasteiger charge is 1.95. The lowest BCUT2D eigenvalue weighted by Gasteiger charge is -2.01. The normalized spacial score (nSPS) is 9.31. The fourth-order valence-electron chi connectivity index (χ4n) is 0.917. The first kappa shape index (κ1) is 9.45. The summed E-state index contributed by atoms with van der Waals surface area (Å²) in [7, 11) is 0. The zero-order chi connectivity index (χ0) is 9.68. The number of hydrogen-bond donors (Lipinski definition) is 1. The SMILES string of the molecule is CC(=O)NCc1ccc([C]=O)cc1. The Kier molecular flexibility index (Phi) is 3.20. The molecule has 1 amide bonds. The summed E-state index contributed by atoms with van der Waals surface area (Å²) in [5.74, 6) is -0.0639. The first-order chi connectivity index (χ1) is 6.22. The van der Waals surface area contributed by atoms with E-state index in [-0.39, 0.29) is 5.91 Å². The van der Waals surface area contributed by atoms with Crippen molar-refractivity contribution in [2.45, 2.75) is 13.5 Å². The minimum absolute atomic E-state index is 0.0639. The van der Waals surface area contributed by atoms with E-state index in [0.29, 0.717) is 12.1 Å². The van der Waals surface area contributed by atoms with Gasteiger partial charge in [-0.15, -0.1) is 0 Å². The van der Waals surface area contributed by atoms with Crippen LogP contribution in [0.15, 0.2) is 24.3 Å². The largest absolute Gasteiger partial charge is 0.352 e. The van der Waals surface area contributed by atoms with Gasteiger partial charge in [0.25, 0.3) is 0 Å². The third-order valence-corrected chi connectivity index (χ3v) is 1.61. The fourth-order valence-corrected chi connectivity index (χ4v) is 0.917. The Morgan fingerprint density at radius 3 is 2.46 bits per heavy atom. The molecule has 1 radical (unpaired) electrons. The van der Waals surface area contributed by atoms with Crippen molar-refractivity contribution in [3.8, 4) is 0 Å². The molecule has 0 unspecified atom stereocenters. The summed E-state index contributed by atoms with van der Waals surface area (Å²) in [5.41, 5.74) is 1.49. The Morgan fingerprint density at radius 2 is 2.00 bits per heavy atom. The molecule has 0 fully saturated rings. The number of benzene rings is 1. The van der Waals surface area contributed by atoms with Crippen molar-refractivity contribution in [2.75, 3.05) is 0 Å². The lowest BCUT2D eigenvalue weighted by Crippen LogP contribution is -2.18. The standard InChI is InChI=1S/C10H10NO2/c1-8(13)11-6-9-2-4-10(7-12)5-3-9/h2-5H,6H2,1H3,(H,11,13). The maximum atomic E-state index is 10.6. The third-order valence-electron chi connectivity index (χ3n) is 1.61. The minimum Gasteiger partial charge on any atom is -0.352 e. The Hall–Kier alpha value is -1.64. The van der Waals surface area contributed by atoms with E-state index in [1.807, 2.05) is 0 Å². The van der Waals surface area contributed by atoms with E-state index in [9.17, 15) is 9.59 Å². The van der Waals surface area contributed by atoms with Crippen LogP contribution in [0.3, 0.4) is 0 Å². The minimum atomic E-state index is -0.0639. The molecular weight excluding hydrogens is 166 g/mol. The zero-order valence-corrected chi connectivity index (χ0v) is 7.33. The molecule has 0 aromatic heterocycles. The van der Waals surface area contributed by atoms with E-state index in [0.717, 1.165) is 5.56 Å². The Morgan fingerprint density at radius 1 is 1.38 bits per heavy atom. The molecular formula is C10H10NO2. The number of carbonyl (C=O) groups is 1. The van der Waals surface area contributed by atoms with Gasteiger partial charge in [-0.25, -0.2) is 0 Å². The molecule has 0 aliphatic rings. The van der Waals surface area contributed by atoms with E-state index in [1.54, 1.807) is 30.6 Å². The summed E-state index contributed by atoms with van der Waals surface area (Å²) in [5, 5.41) is 2.66. The summed E-state index contributed by atoms with van der Waals surface area (Å²) < 4.78 is 0. The second-order valence-corrected chi connectivity index (χ2v) is 2.71. The molecule has 3 heteroatoms. The van der Waals surface area contributed by atoms with Crippen molar-refractivity contribution >= 4 is 12.2 Å². The summed E-state index contributed by atoms with van der Waals surface area (Å²) in [6.07, 6.45) is 1.78. The van der Waals surface area contributed by atoms with Gasteiger partial charge in [0.15, 0.2) is 0 Å². The molecule has 13 heavy (non-hydrogen) atoms. The average Bonchev–Trinajstić information content (AvgIpc) is 2.15. The highest BCUT2D eigenvalue weighted by Crippen LogP contribution is 2.01. The molecule has 0 aliphatic carbocycles. The molecule has 0 heterocycles. The monoisotopic (exact) mass is 176 g/mol. The maximum Gasteiger partial charge on any atom is 0.233 e. The van der Waals surface area contributed by atoms with Crippen LogP contribution in [0.1, 0.15) is 18.1 Å². The first-order valence-corrected chi connectivity index (χ1v) is 3.94. The molecule has 1 aromatic carbocycles. The van der Waals surface area contributed by atoms with Crippen molar-refractivity contribution in [2.24, 2.45) is 0 Å². The van der Waals surface area contributed by atoms with Gasteiger partial charge in [0.05, 0.1) is 0 Å². The summed E-state index contributed by atoms with van der Waals surface area (Å²) >= 11 is 0. The van der Waals surface area contributed by atoms with Crippen molar-refractivity contribution in [3.63, 3.8) is 0 Å². The van der Waals surface area contributed by atoms with E-state index in [1.165, 1.54) is 6.92 Å². The van der Waals surface area contributed by atoms with E-state index < -0.39 is 0 Å². The molecule has 0 spiro atoms. The van der Waals surface area contributed by atoms with Gasteiger partial charge in [-0.2, -0.15) is 0 Å². The zero-order valence-electron chi connectivity index (χ0n) is 7.33. The molecule has 0 aliphatic heterocycles. The van der Waals surface area contributed by atoms with Crippen LogP contribution < -0.4 is 5.32 Å². The van der Waals surface area contributed by atoms with Crippen LogP contribution in [0, 0.1) is 0 Å². The topological polar surface area (TPSA) is 46.2 Å². The van der Waals surface area contributed by atoms with E-state index in [4.69, 9.17) is 0 Å². The number of nitrogens with one attached hydrogen (secondary N) is 1. The van der Waals surface area contributed by atoms with Crippen LogP contribution in [0.2, 0.25) is 0 Å². The second-order valence-electron chi connectivity index (χ2n) is 2.71. The number of amides is 1. The van der Waals surface area contributed by atoms with Crippen molar-refractivity contribution in [3.05, 3.63) is 35.4 Å². The maximum absolute atomic E-state index is 10.6. The predicted octanol–water partition coefficient (Wildman–Crippen LogP) is 0.780. The van der Waals surface area contributed by atoms with Crippen molar-refractivity contribution < 1.29 is 9.59 Å². The second kappa shape index (κ2) is 4.40. The van der Waals surface area contributed by atoms with Gasteiger partial charge in [0.1, 0.15) is 0 Å². The van der Waals surface area contributed by atoms with Gasteiger partial charge >= 0.3 is 0 Å². The first-order valence-electron chi connectivity index (χ1n) is 3.94. The van der Waals surface area contributed by atoms with Gasteiger partial charge in [0, 0.05) is 19.0 Å². The summed E-state index contributed by atoms with van der Waals surface area (Å²) in [6.45, 7) is 1.96. The Balaban J connectivity index is 2.59. The van der Waals surface area contributed by atoms with Gasteiger partial charge in [-0.3, -0.25) is 9.59 Å². The van der Waals surface area contributed by atoms with Crippen LogP contribution in [-0.4, -0.2) is 12.2 Å². The van der Waals surface area contributed by atoms with Crippen molar-refractivity contribution in [1.82, 2.24) is 5.32 Å². The molecule has 0 saturated carbocycles. The van der Waals surface area contributed by atoms with E-state index in [2.05, 4.69) is 5.32 Å². The molecule has 0 saturated heterocycles. The third kappa shape index (κ3) is 3.07. The van der Waals surface area contributed by atoms with Crippen LogP contribution in [0.25, 0.3) is 0 Å². The van der Waals surface area contributed by atoms with Gasteiger partial charge in [-0.05, 0) is 5.56 Å². The highest BCUT2D eigenvalue weighted by molar-refractivity contribution is 5.75. The highest BCUT2D eigenvalue weighted by atomic mass is 16.1.